The SMILES string of the molecule is CC(C)OC1CC(OCCCN(C)C(=O)COCC2CN(C(C)C)C2)C1. The first-order valence-electron chi connectivity index (χ1n) is 10.2. The fraction of sp³-hybridized carbons (Fsp3) is 0.950. The number of amides is 1. The first kappa shape index (κ1) is 21.6. The lowest BCUT2D eigenvalue weighted by molar-refractivity contribution is -0.136. The fourth-order valence-electron chi connectivity index (χ4n) is 3.39. The summed E-state index contributed by atoms with van der Waals surface area (Å²) < 4.78 is 17.2. The predicted octanol–water partition coefficient (Wildman–Crippen LogP) is 2.16. The molecule has 1 aliphatic carbocycles. The highest BCUT2D eigenvalue weighted by Crippen LogP contribution is 2.27. The van der Waals surface area contributed by atoms with Crippen LogP contribution in [0, 0.1) is 5.92 Å². The Morgan fingerprint density at radius 1 is 1.15 bits per heavy atom. The highest BCUT2D eigenvalue weighted by Gasteiger charge is 2.31. The van der Waals surface area contributed by atoms with Gasteiger partial charge >= 0.3 is 0 Å². The maximum absolute atomic E-state index is 12.1. The van der Waals surface area contributed by atoms with E-state index in [0.29, 0.717) is 50.0 Å². The lowest BCUT2D eigenvalue weighted by Gasteiger charge is -2.41. The second-order valence-corrected chi connectivity index (χ2v) is 8.37. The molecule has 0 bridgehead atoms. The van der Waals surface area contributed by atoms with Crippen LogP contribution in [0.2, 0.25) is 0 Å². The number of likely N-dealkylation sites (N-methyl/N-ethyl adjacent to an activating group) is 1. The average Bonchev–Trinajstić information content (AvgIpc) is 2.49. The highest BCUT2D eigenvalue weighted by molar-refractivity contribution is 5.77. The zero-order chi connectivity index (χ0) is 19.1. The van der Waals surface area contributed by atoms with Gasteiger partial charge in [0.25, 0.3) is 0 Å². The van der Waals surface area contributed by atoms with E-state index in [1.165, 1.54) is 0 Å². The molecule has 0 aromatic carbocycles. The van der Waals surface area contributed by atoms with Gasteiger partial charge in [0, 0.05) is 45.2 Å². The molecule has 6 heteroatoms. The van der Waals surface area contributed by atoms with E-state index in [4.69, 9.17) is 14.2 Å². The van der Waals surface area contributed by atoms with Gasteiger partial charge in [-0.1, -0.05) is 0 Å². The summed E-state index contributed by atoms with van der Waals surface area (Å²) in [6, 6.07) is 0.606. The Bertz CT molecular complexity index is 418. The second-order valence-electron chi connectivity index (χ2n) is 8.37. The molecule has 0 aromatic heterocycles. The number of ether oxygens (including phenoxy) is 3. The van der Waals surface area contributed by atoms with Crippen LogP contribution >= 0.6 is 0 Å². The van der Waals surface area contributed by atoms with Gasteiger partial charge in [0.15, 0.2) is 0 Å². The van der Waals surface area contributed by atoms with Gasteiger partial charge in [-0.3, -0.25) is 4.79 Å². The fourth-order valence-corrected chi connectivity index (χ4v) is 3.39. The third-order valence-corrected chi connectivity index (χ3v) is 5.23. The van der Waals surface area contributed by atoms with Gasteiger partial charge in [0.05, 0.1) is 24.9 Å². The summed E-state index contributed by atoms with van der Waals surface area (Å²) in [6.07, 6.45) is 3.84. The third kappa shape index (κ3) is 7.14. The zero-order valence-electron chi connectivity index (χ0n) is 17.3. The van der Waals surface area contributed by atoms with Gasteiger partial charge in [-0.2, -0.15) is 0 Å². The second kappa shape index (κ2) is 10.6. The van der Waals surface area contributed by atoms with Gasteiger partial charge in [0.2, 0.25) is 5.91 Å². The topological polar surface area (TPSA) is 51.2 Å². The Morgan fingerprint density at radius 2 is 1.85 bits per heavy atom. The van der Waals surface area contributed by atoms with Gasteiger partial charge in [0.1, 0.15) is 6.61 Å². The van der Waals surface area contributed by atoms with Gasteiger partial charge in [-0.15, -0.1) is 0 Å². The summed E-state index contributed by atoms with van der Waals surface area (Å²) in [5.41, 5.74) is 0. The van der Waals surface area contributed by atoms with Gasteiger partial charge in [-0.25, -0.2) is 0 Å². The molecule has 2 rings (SSSR count). The maximum Gasteiger partial charge on any atom is 0.248 e. The van der Waals surface area contributed by atoms with Crippen molar-refractivity contribution in [3.8, 4) is 0 Å². The number of likely N-dealkylation sites (tertiary alicyclic amines) is 1. The first-order chi connectivity index (χ1) is 12.3. The molecule has 1 aliphatic heterocycles. The Kier molecular flexibility index (Phi) is 8.80. The van der Waals surface area contributed by atoms with Crippen molar-refractivity contribution in [2.75, 3.05) is 46.5 Å². The number of nitrogens with zero attached hydrogens (tertiary/aromatic N) is 2. The molecule has 1 saturated carbocycles. The Labute approximate surface area is 159 Å². The molecule has 152 valence electrons. The molecule has 1 saturated heterocycles. The van der Waals surface area contributed by atoms with E-state index < -0.39 is 0 Å². The molecule has 1 amide bonds. The van der Waals surface area contributed by atoms with E-state index in [0.717, 1.165) is 32.4 Å². The van der Waals surface area contributed by atoms with Crippen molar-refractivity contribution in [1.82, 2.24) is 9.80 Å². The van der Waals surface area contributed by atoms with E-state index in [1.807, 2.05) is 7.05 Å². The van der Waals surface area contributed by atoms with Crippen molar-refractivity contribution in [2.24, 2.45) is 5.92 Å². The monoisotopic (exact) mass is 370 g/mol. The van der Waals surface area contributed by atoms with Crippen LogP contribution in [0.4, 0.5) is 0 Å². The van der Waals surface area contributed by atoms with E-state index in [-0.39, 0.29) is 12.5 Å². The van der Waals surface area contributed by atoms with Crippen LogP contribution in [0.15, 0.2) is 0 Å². The number of hydrogen-bond donors (Lipinski definition) is 0. The largest absolute Gasteiger partial charge is 0.378 e. The molecule has 0 atom stereocenters. The minimum Gasteiger partial charge on any atom is -0.378 e. The Hall–Kier alpha value is -0.690. The summed E-state index contributed by atoms with van der Waals surface area (Å²) in [5, 5.41) is 0. The lowest BCUT2D eigenvalue weighted by atomic mass is 9.92. The summed E-state index contributed by atoms with van der Waals surface area (Å²) in [6.45, 7) is 13.0. The molecule has 0 unspecified atom stereocenters. The lowest BCUT2D eigenvalue weighted by Crippen LogP contribution is -2.52. The molecule has 6 nitrogen and oxygen atoms in total. The van der Waals surface area contributed by atoms with Gasteiger partial charge < -0.3 is 24.0 Å². The molecule has 0 N–H and O–H groups in total. The van der Waals surface area contributed by atoms with Crippen molar-refractivity contribution in [3.63, 3.8) is 0 Å². The number of carbonyl (C=O) groups is 1. The summed E-state index contributed by atoms with van der Waals surface area (Å²) in [7, 11) is 1.84. The van der Waals surface area contributed by atoms with Crippen LogP contribution in [0.3, 0.4) is 0 Å². The molecule has 0 spiro atoms. The van der Waals surface area contributed by atoms with Crippen LogP contribution in [-0.2, 0) is 19.0 Å². The number of carbonyl (C=O) groups excluding carboxylic acids is 1. The van der Waals surface area contributed by atoms with E-state index in [1.54, 1.807) is 4.90 Å². The normalized spacial score (nSPS) is 24.0. The van der Waals surface area contributed by atoms with E-state index in [9.17, 15) is 4.79 Å². The third-order valence-electron chi connectivity index (χ3n) is 5.23. The minimum atomic E-state index is 0.0547. The molecular formula is C20H38N2O4. The van der Waals surface area contributed by atoms with Crippen LogP contribution < -0.4 is 0 Å². The molecule has 26 heavy (non-hydrogen) atoms. The van der Waals surface area contributed by atoms with E-state index >= 15 is 0 Å². The quantitative estimate of drug-likeness (QED) is 0.493. The molecule has 0 aromatic rings. The summed E-state index contributed by atoms with van der Waals surface area (Å²) >= 11 is 0. The maximum atomic E-state index is 12.1. The van der Waals surface area contributed by atoms with Crippen LogP contribution in [0.25, 0.3) is 0 Å². The Morgan fingerprint density at radius 3 is 2.46 bits per heavy atom. The van der Waals surface area contributed by atoms with Crippen molar-refractivity contribution < 1.29 is 19.0 Å². The summed E-state index contributed by atoms with van der Waals surface area (Å²) in [4.78, 5) is 16.2. The van der Waals surface area contributed by atoms with E-state index in [2.05, 4.69) is 32.6 Å². The number of rotatable bonds is 12. The minimum absolute atomic E-state index is 0.0547. The van der Waals surface area contributed by atoms with Crippen molar-refractivity contribution >= 4 is 5.91 Å². The zero-order valence-corrected chi connectivity index (χ0v) is 17.3. The standard InChI is InChI=1S/C20H38N2O4/c1-15(2)22-11-17(12-22)13-24-14-20(23)21(5)7-6-8-25-18-9-19(10-18)26-16(3)4/h15-19H,6-14H2,1-5H3. The molecule has 0 radical (unpaired) electrons. The van der Waals surface area contributed by atoms with Crippen molar-refractivity contribution in [3.05, 3.63) is 0 Å². The van der Waals surface area contributed by atoms with Crippen LogP contribution in [0.5, 0.6) is 0 Å². The molecular weight excluding hydrogens is 332 g/mol. The smallest absolute Gasteiger partial charge is 0.248 e. The Balaban J connectivity index is 1.42. The molecule has 2 fully saturated rings. The number of hydrogen-bond acceptors (Lipinski definition) is 5. The molecule has 2 aliphatic rings. The van der Waals surface area contributed by atoms with Crippen LogP contribution in [-0.4, -0.2) is 86.6 Å². The predicted molar refractivity (Wildman–Crippen MR) is 102 cm³/mol. The highest BCUT2D eigenvalue weighted by atomic mass is 16.5. The average molecular weight is 371 g/mol. The van der Waals surface area contributed by atoms with Gasteiger partial charge in [-0.05, 0) is 47.0 Å². The first-order valence-corrected chi connectivity index (χ1v) is 10.2. The van der Waals surface area contributed by atoms with Crippen molar-refractivity contribution in [1.29, 1.82) is 0 Å². The molecule has 1 heterocycles. The van der Waals surface area contributed by atoms with Crippen molar-refractivity contribution in [2.45, 2.75) is 71.3 Å². The van der Waals surface area contributed by atoms with Crippen LogP contribution in [0.1, 0.15) is 47.0 Å². The summed E-state index contributed by atoms with van der Waals surface area (Å²) in [5.74, 6) is 0.633.